The molecule has 0 bridgehead atoms. The molecule has 0 fully saturated rings. The van der Waals surface area contributed by atoms with Gasteiger partial charge in [0, 0.05) is 0 Å². The molecule has 0 saturated heterocycles. The third kappa shape index (κ3) is 2.38. The first-order valence-electron chi connectivity index (χ1n) is 5.75. The summed E-state index contributed by atoms with van der Waals surface area (Å²) in [7, 11) is 1.88. The van der Waals surface area contributed by atoms with Crippen LogP contribution in [0, 0.1) is 0 Å². The van der Waals surface area contributed by atoms with Crippen molar-refractivity contribution in [2.75, 3.05) is 7.11 Å². The summed E-state index contributed by atoms with van der Waals surface area (Å²) in [5.74, 6) is 0. The molecule has 84 valence electrons. The van der Waals surface area contributed by atoms with Crippen LogP contribution in [0.1, 0.15) is 26.7 Å². The van der Waals surface area contributed by atoms with E-state index in [1.807, 2.05) is 7.11 Å². The van der Waals surface area contributed by atoms with Gasteiger partial charge in [0.25, 0.3) is 0 Å². The summed E-state index contributed by atoms with van der Waals surface area (Å²) in [6, 6.07) is 0. The normalized spacial score (nSPS) is 19.5. The fraction of sp³-hybridized carbons (Fsp3) is 0.429. The van der Waals surface area contributed by atoms with Crippen LogP contribution in [-0.2, 0) is 26.2 Å². The molecule has 0 heterocycles. The summed E-state index contributed by atoms with van der Waals surface area (Å²) in [5, 5.41) is 0. The Balaban J connectivity index is 2.25. The second-order valence-corrected chi connectivity index (χ2v) is 8.77. The molecular formula is C14H18HfO. The number of allylic oxidation sites excluding steroid dienone is 8. The van der Waals surface area contributed by atoms with Gasteiger partial charge in [0.15, 0.2) is 0 Å². The monoisotopic (exact) mass is 382 g/mol. The molecular weight excluding hydrogens is 363 g/mol. The Hall–Kier alpha value is -0.210. The van der Waals surface area contributed by atoms with Gasteiger partial charge in [-0.3, -0.25) is 0 Å². The summed E-state index contributed by atoms with van der Waals surface area (Å²) < 4.78 is 6.27. The van der Waals surface area contributed by atoms with Crippen molar-refractivity contribution in [3.8, 4) is 0 Å². The van der Waals surface area contributed by atoms with E-state index < -0.39 is 23.3 Å². The molecule has 0 spiro atoms. The van der Waals surface area contributed by atoms with Gasteiger partial charge in [-0.05, 0) is 0 Å². The summed E-state index contributed by atoms with van der Waals surface area (Å²) in [5.41, 5.74) is 6.20. The average Bonchev–Trinajstić information content (AvgIpc) is 2.84. The van der Waals surface area contributed by atoms with Crippen LogP contribution in [0.25, 0.3) is 0 Å². The zero-order valence-corrected chi connectivity index (χ0v) is 13.8. The van der Waals surface area contributed by atoms with Crippen LogP contribution in [0.15, 0.2) is 46.6 Å². The van der Waals surface area contributed by atoms with E-state index in [1.54, 1.807) is 11.1 Å². The van der Waals surface area contributed by atoms with E-state index in [1.165, 1.54) is 11.1 Å². The van der Waals surface area contributed by atoms with Crippen molar-refractivity contribution >= 4 is 0 Å². The molecule has 0 aromatic heterocycles. The Labute approximate surface area is 110 Å². The van der Waals surface area contributed by atoms with Crippen molar-refractivity contribution in [2.45, 2.75) is 30.4 Å². The van der Waals surface area contributed by atoms with Crippen molar-refractivity contribution in [3.63, 3.8) is 0 Å². The average molecular weight is 381 g/mol. The Bertz CT molecular complexity index is 363. The summed E-state index contributed by atoms with van der Waals surface area (Å²) in [4.78, 5) is 0. The molecule has 2 aliphatic rings. The van der Waals surface area contributed by atoms with E-state index in [4.69, 9.17) is 2.85 Å². The Morgan fingerprint density at radius 3 is 1.88 bits per heavy atom. The topological polar surface area (TPSA) is 9.23 Å². The molecule has 16 heavy (non-hydrogen) atoms. The van der Waals surface area contributed by atoms with Crippen molar-refractivity contribution in [2.24, 2.45) is 0 Å². The van der Waals surface area contributed by atoms with E-state index in [0.717, 1.165) is 12.8 Å². The Morgan fingerprint density at radius 1 is 1.06 bits per heavy atom. The van der Waals surface area contributed by atoms with Crippen LogP contribution in [0.5, 0.6) is 0 Å². The first kappa shape index (κ1) is 12.3. The Kier molecular flexibility index (Phi) is 4.15. The van der Waals surface area contributed by atoms with Gasteiger partial charge >= 0.3 is 110 Å². The second kappa shape index (κ2) is 5.42. The van der Waals surface area contributed by atoms with Crippen LogP contribution in [0.2, 0.25) is 3.67 Å². The van der Waals surface area contributed by atoms with Crippen molar-refractivity contribution < 1.29 is 26.2 Å². The van der Waals surface area contributed by atoms with E-state index in [-0.39, 0.29) is 0 Å². The van der Waals surface area contributed by atoms with Gasteiger partial charge in [-0.2, -0.15) is 0 Å². The van der Waals surface area contributed by atoms with Gasteiger partial charge in [-0.1, -0.05) is 0 Å². The first-order chi connectivity index (χ1) is 7.74. The molecule has 0 amide bonds. The quantitative estimate of drug-likeness (QED) is 0.671. The molecule has 2 rings (SSSR count). The van der Waals surface area contributed by atoms with Gasteiger partial charge in [-0.15, -0.1) is 0 Å². The Morgan fingerprint density at radius 2 is 1.56 bits per heavy atom. The van der Waals surface area contributed by atoms with Crippen LogP contribution in [0.3, 0.4) is 0 Å². The second-order valence-electron chi connectivity index (χ2n) is 4.38. The zero-order valence-electron chi connectivity index (χ0n) is 10.2. The van der Waals surface area contributed by atoms with Gasteiger partial charge in [0.1, 0.15) is 0 Å². The molecule has 2 aliphatic carbocycles. The van der Waals surface area contributed by atoms with E-state index in [0.29, 0.717) is 3.67 Å². The molecule has 2 heteroatoms. The SMILES string of the molecule is C[O][Hf][CH](C1=C(C)C=CC1)C1=C(C)C=CC1. The molecule has 0 aliphatic heterocycles. The molecule has 0 saturated carbocycles. The predicted octanol–water partition coefficient (Wildman–Crippen LogP) is 3.97. The molecule has 0 atom stereocenters. The summed E-state index contributed by atoms with van der Waals surface area (Å²) >= 11 is -0.999. The number of hydrogen-bond acceptors (Lipinski definition) is 1. The minimum absolute atomic E-state index is 0.676. The van der Waals surface area contributed by atoms with Crippen molar-refractivity contribution in [1.82, 2.24) is 0 Å². The van der Waals surface area contributed by atoms with Gasteiger partial charge < -0.3 is 0 Å². The van der Waals surface area contributed by atoms with Crippen molar-refractivity contribution in [1.29, 1.82) is 0 Å². The molecule has 0 unspecified atom stereocenters. The van der Waals surface area contributed by atoms with Gasteiger partial charge in [-0.25, -0.2) is 0 Å². The van der Waals surface area contributed by atoms with Crippen molar-refractivity contribution in [3.05, 3.63) is 46.6 Å². The third-order valence-electron chi connectivity index (χ3n) is 3.36. The summed E-state index contributed by atoms with van der Waals surface area (Å²) in [6.07, 6.45) is 11.4. The molecule has 0 aromatic carbocycles. The number of hydrogen-bond donors (Lipinski definition) is 0. The van der Waals surface area contributed by atoms with E-state index >= 15 is 0 Å². The maximum atomic E-state index is 5.60. The molecule has 0 radical (unpaired) electrons. The molecule has 1 nitrogen and oxygen atoms in total. The minimum atomic E-state index is -0.999. The van der Waals surface area contributed by atoms with E-state index in [9.17, 15) is 0 Å². The summed E-state index contributed by atoms with van der Waals surface area (Å²) in [6.45, 7) is 4.48. The fourth-order valence-electron chi connectivity index (χ4n) is 2.42. The molecule has 0 N–H and O–H groups in total. The van der Waals surface area contributed by atoms with Gasteiger partial charge in [0.2, 0.25) is 0 Å². The van der Waals surface area contributed by atoms with Crippen LogP contribution in [-0.4, -0.2) is 7.11 Å². The first-order valence-corrected chi connectivity index (χ1v) is 9.29. The van der Waals surface area contributed by atoms with Crippen LogP contribution < -0.4 is 0 Å². The van der Waals surface area contributed by atoms with Crippen LogP contribution >= 0.6 is 0 Å². The number of rotatable bonds is 4. The zero-order chi connectivity index (χ0) is 11.5. The third-order valence-corrected chi connectivity index (χ3v) is 7.55. The van der Waals surface area contributed by atoms with Gasteiger partial charge in [0.05, 0.1) is 0 Å². The maximum absolute atomic E-state index is 5.60. The van der Waals surface area contributed by atoms with Crippen LogP contribution in [0.4, 0.5) is 0 Å². The van der Waals surface area contributed by atoms with E-state index in [2.05, 4.69) is 38.2 Å². The predicted molar refractivity (Wildman–Crippen MR) is 63.7 cm³/mol. The standard InChI is InChI=1S/C13H15.CH3O.Hf/c1-10-5-3-7-12(10)9-13-8-4-6-11(13)2;1-2;/h3-6,9H,7-8H2,1-2H3;1H3;/q;-1;+1. The fourth-order valence-corrected chi connectivity index (χ4v) is 6.77. The molecule has 0 aromatic rings.